The van der Waals surface area contributed by atoms with Gasteiger partial charge in [0.2, 0.25) is 0 Å². The number of hydrogen-bond acceptors (Lipinski definition) is 2. The van der Waals surface area contributed by atoms with Crippen molar-refractivity contribution in [1.29, 1.82) is 0 Å². The number of anilines is 1. The normalized spacial score (nSPS) is 13.7. The molecule has 6 heteroatoms. The molecule has 0 unspecified atom stereocenters. The Morgan fingerprint density at radius 3 is 2.68 bits per heavy atom. The van der Waals surface area contributed by atoms with E-state index >= 15 is 0 Å². The van der Waals surface area contributed by atoms with Gasteiger partial charge in [-0.25, -0.2) is 9.37 Å². The van der Waals surface area contributed by atoms with E-state index in [1.807, 2.05) is 30.3 Å². The Hall–Kier alpha value is -2.47. The van der Waals surface area contributed by atoms with Crippen LogP contribution in [0, 0.1) is 5.82 Å². The van der Waals surface area contributed by atoms with Gasteiger partial charge in [-0.1, -0.05) is 34.5 Å². The fourth-order valence-corrected chi connectivity index (χ4v) is 3.94. The summed E-state index contributed by atoms with van der Waals surface area (Å²) in [5.74, 6) is 0.225. The third-order valence-corrected chi connectivity index (χ3v) is 5.70. The SMILES string of the molecule is CN(C(=O)c1nc(-c2cccc(F)c2)n2c1CCCCC2)c1ccc(Br)cc1. The molecule has 0 saturated carbocycles. The first kappa shape index (κ1) is 18.9. The van der Waals surface area contributed by atoms with E-state index in [9.17, 15) is 9.18 Å². The first-order valence-electron chi connectivity index (χ1n) is 9.43. The Morgan fingerprint density at radius 2 is 1.93 bits per heavy atom. The smallest absolute Gasteiger partial charge is 0.278 e. The fourth-order valence-electron chi connectivity index (χ4n) is 3.68. The van der Waals surface area contributed by atoms with Gasteiger partial charge < -0.3 is 9.47 Å². The van der Waals surface area contributed by atoms with Crippen molar-refractivity contribution < 1.29 is 9.18 Å². The second-order valence-corrected chi connectivity index (χ2v) is 7.96. The summed E-state index contributed by atoms with van der Waals surface area (Å²) < 4.78 is 16.9. The van der Waals surface area contributed by atoms with Crippen LogP contribution in [-0.2, 0) is 13.0 Å². The zero-order valence-electron chi connectivity index (χ0n) is 15.7. The Labute approximate surface area is 172 Å². The number of benzene rings is 2. The van der Waals surface area contributed by atoms with Crippen molar-refractivity contribution in [3.8, 4) is 11.4 Å². The molecule has 3 aromatic rings. The largest absolute Gasteiger partial charge is 0.327 e. The van der Waals surface area contributed by atoms with E-state index in [1.54, 1.807) is 18.0 Å². The Bertz CT molecular complexity index is 1010. The standard InChI is InChI=1S/C22H21BrFN3O/c1-26(18-11-9-16(23)10-12-18)22(28)20-19-8-3-2-4-13-27(19)21(25-20)15-6-5-7-17(24)14-15/h5-7,9-12,14H,2-4,8,13H2,1H3. The predicted octanol–water partition coefficient (Wildman–Crippen LogP) is 5.45. The number of hydrogen-bond donors (Lipinski definition) is 0. The molecular formula is C22H21BrFN3O. The number of carbonyl (C=O) groups excluding carboxylic acids is 1. The van der Waals surface area contributed by atoms with Gasteiger partial charge in [-0.2, -0.15) is 0 Å². The number of imidazole rings is 1. The Kier molecular flexibility index (Phi) is 5.31. The van der Waals surface area contributed by atoms with Crippen molar-refractivity contribution in [2.24, 2.45) is 0 Å². The molecule has 0 N–H and O–H groups in total. The molecule has 2 heterocycles. The average molecular weight is 442 g/mol. The molecule has 0 spiro atoms. The van der Waals surface area contributed by atoms with Crippen LogP contribution in [0.15, 0.2) is 53.0 Å². The van der Waals surface area contributed by atoms with Crippen LogP contribution < -0.4 is 4.90 Å². The lowest BCUT2D eigenvalue weighted by molar-refractivity contribution is 0.0987. The number of halogens is 2. The minimum atomic E-state index is -0.302. The molecule has 0 bridgehead atoms. The van der Waals surface area contributed by atoms with Crippen molar-refractivity contribution in [2.45, 2.75) is 32.2 Å². The molecule has 1 aromatic heterocycles. The van der Waals surface area contributed by atoms with Crippen LogP contribution in [0.4, 0.5) is 10.1 Å². The molecule has 0 saturated heterocycles. The maximum atomic E-state index is 13.8. The molecule has 1 aliphatic heterocycles. The van der Waals surface area contributed by atoms with E-state index < -0.39 is 0 Å². The molecule has 28 heavy (non-hydrogen) atoms. The minimum absolute atomic E-state index is 0.143. The third kappa shape index (κ3) is 3.61. The highest BCUT2D eigenvalue weighted by atomic mass is 79.9. The molecule has 144 valence electrons. The molecule has 2 aromatic carbocycles. The Balaban J connectivity index is 1.78. The summed E-state index contributed by atoms with van der Waals surface area (Å²) in [5.41, 5.74) is 2.92. The van der Waals surface area contributed by atoms with Gasteiger partial charge in [0, 0.05) is 29.3 Å². The van der Waals surface area contributed by atoms with Crippen LogP contribution in [0.2, 0.25) is 0 Å². The van der Waals surface area contributed by atoms with Crippen LogP contribution in [0.1, 0.15) is 35.4 Å². The average Bonchev–Trinajstić information content (AvgIpc) is 2.88. The number of carbonyl (C=O) groups is 1. The van der Waals surface area contributed by atoms with Crippen molar-refractivity contribution in [3.63, 3.8) is 0 Å². The summed E-state index contributed by atoms with van der Waals surface area (Å²) in [6.07, 6.45) is 3.97. The molecule has 1 aliphatic rings. The van der Waals surface area contributed by atoms with Crippen LogP contribution in [0.25, 0.3) is 11.4 Å². The first-order valence-corrected chi connectivity index (χ1v) is 10.2. The Morgan fingerprint density at radius 1 is 1.14 bits per heavy atom. The molecule has 1 amide bonds. The van der Waals surface area contributed by atoms with E-state index in [-0.39, 0.29) is 11.7 Å². The lowest BCUT2D eigenvalue weighted by Crippen LogP contribution is -2.27. The zero-order valence-corrected chi connectivity index (χ0v) is 17.2. The highest BCUT2D eigenvalue weighted by Crippen LogP contribution is 2.29. The summed E-state index contributed by atoms with van der Waals surface area (Å²) >= 11 is 3.42. The van der Waals surface area contributed by atoms with Gasteiger partial charge >= 0.3 is 0 Å². The summed E-state index contributed by atoms with van der Waals surface area (Å²) in [7, 11) is 1.76. The lowest BCUT2D eigenvalue weighted by Gasteiger charge is -2.17. The number of amides is 1. The first-order chi connectivity index (χ1) is 13.5. The van der Waals surface area contributed by atoms with Gasteiger partial charge in [-0.3, -0.25) is 4.79 Å². The number of rotatable bonds is 3. The van der Waals surface area contributed by atoms with Gasteiger partial charge in [0.25, 0.3) is 5.91 Å². The summed E-state index contributed by atoms with van der Waals surface area (Å²) in [6.45, 7) is 0.795. The molecule has 4 nitrogen and oxygen atoms in total. The molecule has 0 fully saturated rings. The van der Waals surface area contributed by atoms with E-state index in [1.165, 1.54) is 12.1 Å². The van der Waals surface area contributed by atoms with Crippen molar-refractivity contribution >= 4 is 27.5 Å². The summed E-state index contributed by atoms with van der Waals surface area (Å²) in [6, 6.07) is 14.0. The second kappa shape index (κ2) is 7.87. The maximum Gasteiger partial charge on any atom is 0.278 e. The zero-order chi connectivity index (χ0) is 19.7. The topological polar surface area (TPSA) is 38.1 Å². The summed E-state index contributed by atoms with van der Waals surface area (Å²) in [4.78, 5) is 19.6. The van der Waals surface area contributed by atoms with Crippen LogP contribution in [-0.4, -0.2) is 22.5 Å². The molecule has 0 radical (unpaired) electrons. The van der Waals surface area contributed by atoms with Crippen LogP contribution >= 0.6 is 15.9 Å². The van der Waals surface area contributed by atoms with Crippen molar-refractivity contribution in [1.82, 2.24) is 9.55 Å². The quantitative estimate of drug-likeness (QED) is 0.541. The van der Waals surface area contributed by atoms with Gasteiger partial charge in [0.15, 0.2) is 5.69 Å². The van der Waals surface area contributed by atoms with Gasteiger partial charge in [0.05, 0.1) is 5.69 Å². The van der Waals surface area contributed by atoms with Gasteiger partial charge in [0.1, 0.15) is 11.6 Å². The fraction of sp³-hybridized carbons (Fsp3) is 0.273. The third-order valence-electron chi connectivity index (χ3n) is 5.17. The number of fused-ring (bicyclic) bond motifs is 1. The monoisotopic (exact) mass is 441 g/mol. The highest BCUT2D eigenvalue weighted by Gasteiger charge is 2.26. The van der Waals surface area contributed by atoms with Crippen molar-refractivity contribution in [3.05, 3.63) is 70.2 Å². The maximum absolute atomic E-state index is 13.8. The van der Waals surface area contributed by atoms with E-state index in [2.05, 4.69) is 20.5 Å². The molecule has 0 atom stereocenters. The predicted molar refractivity (Wildman–Crippen MR) is 112 cm³/mol. The molecule has 0 aliphatic carbocycles. The van der Waals surface area contributed by atoms with Crippen molar-refractivity contribution in [2.75, 3.05) is 11.9 Å². The van der Waals surface area contributed by atoms with Crippen LogP contribution in [0.5, 0.6) is 0 Å². The molecule has 4 rings (SSSR count). The lowest BCUT2D eigenvalue weighted by atomic mass is 10.1. The second-order valence-electron chi connectivity index (χ2n) is 7.04. The van der Waals surface area contributed by atoms with E-state index in [4.69, 9.17) is 4.98 Å². The number of aromatic nitrogens is 2. The van der Waals surface area contributed by atoms with E-state index in [0.717, 1.165) is 48.1 Å². The minimum Gasteiger partial charge on any atom is -0.327 e. The van der Waals surface area contributed by atoms with Gasteiger partial charge in [-0.15, -0.1) is 0 Å². The molecular weight excluding hydrogens is 421 g/mol. The highest BCUT2D eigenvalue weighted by molar-refractivity contribution is 9.10. The summed E-state index contributed by atoms with van der Waals surface area (Å²) in [5, 5.41) is 0. The van der Waals surface area contributed by atoms with Crippen LogP contribution in [0.3, 0.4) is 0 Å². The number of nitrogens with zero attached hydrogens (tertiary/aromatic N) is 3. The van der Waals surface area contributed by atoms with Gasteiger partial charge in [-0.05, 0) is 55.7 Å². The van der Waals surface area contributed by atoms with E-state index in [0.29, 0.717) is 17.1 Å².